The number of aromatic nitrogens is 2. The van der Waals surface area contributed by atoms with Crippen LogP contribution in [0.4, 0.5) is 4.39 Å². The molecule has 2 aliphatic rings. The van der Waals surface area contributed by atoms with Gasteiger partial charge < -0.3 is 34.1 Å². The van der Waals surface area contributed by atoms with Crippen LogP contribution in [0.3, 0.4) is 0 Å². The fourth-order valence-electron chi connectivity index (χ4n) is 6.16. The molecule has 1 saturated carbocycles. The minimum absolute atomic E-state index is 0.128. The van der Waals surface area contributed by atoms with E-state index in [1.165, 1.54) is 12.1 Å². The molecule has 3 aromatic rings. The van der Waals surface area contributed by atoms with E-state index in [0.29, 0.717) is 68.3 Å². The van der Waals surface area contributed by atoms with E-state index < -0.39 is 11.4 Å². The molecule has 2 heterocycles. The molecule has 0 spiro atoms. The van der Waals surface area contributed by atoms with Crippen LogP contribution in [0.5, 0.6) is 11.5 Å². The second-order valence-corrected chi connectivity index (χ2v) is 10.8. The Hall–Kier alpha value is -3.47. The maximum absolute atomic E-state index is 14.5. The van der Waals surface area contributed by atoms with E-state index in [9.17, 15) is 14.3 Å². The van der Waals surface area contributed by atoms with E-state index in [0.717, 1.165) is 12.8 Å². The molecule has 0 radical (unpaired) electrons. The highest BCUT2D eigenvalue weighted by molar-refractivity contribution is 5.98. The lowest BCUT2D eigenvalue weighted by molar-refractivity contribution is -0.0893. The average Bonchev–Trinajstić information content (AvgIpc) is 3.42. The molecule has 1 saturated heterocycles. The van der Waals surface area contributed by atoms with E-state index in [2.05, 4.69) is 10.3 Å². The van der Waals surface area contributed by atoms with Gasteiger partial charge in [0.1, 0.15) is 11.4 Å². The van der Waals surface area contributed by atoms with Crippen molar-refractivity contribution in [1.82, 2.24) is 19.8 Å². The van der Waals surface area contributed by atoms with Gasteiger partial charge in [0.25, 0.3) is 5.91 Å². The molecular formula is C31H39FN4O5. The third kappa shape index (κ3) is 6.24. The molecule has 220 valence electrons. The van der Waals surface area contributed by atoms with E-state index >= 15 is 0 Å². The molecule has 1 aliphatic carbocycles. The van der Waals surface area contributed by atoms with Crippen LogP contribution >= 0.6 is 0 Å². The first-order chi connectivity index (χ1) is 19.9. The molecule has 2 aromatic carbocycles. The number of halogens is 1. The van der Waals surface area contributed by atoms with E-state index in [1.54, 1.807) is 32.7 Å². The second kappa shape index (κ2) is 13.0. The smallest absolute Gasteiger partial charge is 0.275 e. The lowest BCUT2D eigenvalue weighted by Crippen LogP contribution is -2.54. The summed E-state index contributed by atoms with van der Waals surface area (Å²) >= 11 is 0. The number of nitrogens with one attached hydrogen (secondary N) is 1. The van der Waals surface area contributed by atoms with Crippen molar-refractivity contribution in [3.05, 3.63) is 66.4 Å². The maximum Gasteiger partial charge on any atom is 0.275 e. The summed E-state index contributed by atoms with van der Waals surface area (Å²) < 4.78 is 33.1. The fourth-order valence-corrected chi connectivity index (χ4v) is 6.16. The first-order valence-electron chi connectivity index (χ1n) is 14.3. The topological polar surface area (TPSA) is 98.1 Å². The van der Waals surface area contributed by atoms with Gasteiger partial charge in [0.2, 0.25) is 0 Å². The number of methoxy groups -OCH3 is 2. The molecule has 0 bridgehead atoms. The van der Waals surface area contributed by atoms with Gasteiger partial charge in [0, 0.05) is 44.8 Å². The molecule has 10 heteroatoms. The van der Waals surface area contributed by atoms with Crippen LogP contribution in [-0.4, -0.2) is 84.2 Å². The largest absolute Gasteiger partial charge is 0.493 e. The highest BCUT2D eigenvalue weighted by atomic mass is 19.1. The zero-order valence-corrected chi connectivity index (χ0v) is 23.7. The summed E-state index contributed by atoms with van der Waals surface area (Å²) in [5, 5.41) is 15.0. The quantitative estimate of drug-likeness (QED) is 0.382. The number of ether oxygens (including phenoxy) is 3. The Morgan fingerprint density at radius 1 is 1.17 bits per heavy atom. The molecule has 3 atom stereocenters. The Morgan fingerprint density at radius 2 is 2.00 bits per heavy atom. The van der Waals surface area contributed by atoms with Crippen molar-refractivity contribution in [3.8, 4) is 22.8 Å². The standard InChI is InChI=1S/C31H39FN4O5/c1-39-20-31(38)14-6-5-12-27(31)36-21-34-28(29(36)22-8-7-9-23(32)18-22)30(37)35-16-15-33-19-24(35)13-17-41-26-11-4-3-10-25(26)40-2/h3-4,7-11,18,21,24,27,33,38H,5-6,12-17,19-20H2,1-2H3/t24-,27-,31-/m1/s1. The number of amides is 1. The van der Waals surface area contributed by atoms with Crippen molar-refractivity contribution >= 4 is 5.91 Å². The monoisotopic (exact) mass is 566 g/mol. The first kappa shape index (κ1) is 29.0. The molecule has 0 unspecified atom stereocenters. The van der Waals surface area contributed by atoms with Crippen LogP contribution < -0.4 is 14.8 Å². The lowest BCUT2D eigenvalue weighted by atomic mass is 9.80. The van der Waals surface area contributed by atoms with Gasteiger partial charge in [0.15, 0.2) is 17.2 Å². The van der Waals surface area contributed by atoms with Crippen LogP contribution in [0.1, 0.15) is 48.6 Å². The third-order valence-corrected chi connectivity index (χ3v) is 8.17. The van der Waals surface area contributed by atoms with E-state index in [-0.39, 0.29) is 30.3 Å². The normalized spacial score (nSPS) is 22.9. The zero-order valence-electron chi connectivity index (χ0n) is 23.7. The van der Waals surface area contributed by atoms with Gasteiger partial charge in [-0.3, -0.25) is 4.79 Å². The van der Waals surface area contributed by atoms with Gasteiger partial charge in [0.05, 0.1) is 38.4 Å². The highest BCUT2D eigenvalue weighted by Gasteiger charge is 2.42. The number of hydrogen-bond acceptors (Lipinski definition) is 7. The van der Waals surface area contributed by atoms with Crippen molar-refractivity contribution in [2.45, 2.75) is 49.8 Å². The molecule has 2 N–H and O–H groups in total. The molecular weight excluding hydrogens is 527 g/mol. The first-order valence-corrected chi connectivity index (χ1v) is 14.3. The van der Waals surface area contributed by atoms with Crippen molar-refractivity contribution in [2.75, 3.05) is 47.1 Å². The predicted octanol–water partition coefficient (Wildman–Crippen LogP) is 4.07. The minimum atomic E-state index is -1.12. The number of aliphatic hydroxyl groups is 1. The zero-order chi connectivity index (χ0) is 28.8. The molecule has 9 nitrogen and oxygen atoms in total. The van der Waals surface area contributed by atoms with Gasteiger partial charge in [-0.15, -0.1) is 0 Å². The van der Waals surface area contributed by atoms with Gasteiger partial charge in [-0.2, -0.15) is 0 Å². The van der Waals surface area contributed by atoms with Crippen molar-refractivity contribution in [3.63, 3.8) is 0 Å². The molecule has 5 rings (SSSR count). The van der Waals surface area contributed by atoms with Gasteiger partial charge >= 0.3 is 0 Å². The second-order valence-electron chi connectivity index (χ2n) is 10.8. The van der Waals surface area contributed by atoms with Crippen LogP contribution in [0.15, 0.2) is 54.9 Å². The Labute approximate surface area is 240 Å². The van der Waals surface area contributed by atoms with Crippen LogP contribution in [0.25, 0.3) is 11.3 Å². The van der Waals surface area contributed by atoms with Gasteiger partial charge in [-0.1, -0.05) is 37.1 Å². The Morgan fingerprint density at radius 3 is 2.78 bits per heavy atom. The number of benzene rings is 2. The summed E-state index contributed by atoms with van der Waals surface area (Å²) in [5.74, 6) is 0.680. The number of carbonyl (C=O) groups is 1. The molecule has 1 aromatic heterocycles. The summed E-state index contributed by atoms with van der Waals surface area (Å²) in [6, 6.07) is 13.2. The highest BCUT2D eigenvalue weighted by Crippen LogP contribution is 2.41. The average molecular weight is 567 g/mol. The summed E-state index contributed by atoms with van der Waals surface area (Å²) in [7, 11) is 3.18. The number of rotatable bonds is 10. The molecule has 1 amide bonds. The van der Waals surface area contributed by atoms with Crippen LogP contribution in [0.2, 0.25) is 0 Å². The number of imidazole rings is 1. The van der Waals surface area contributed by atoms with Crippen molar-refractivity contribution < 1.29 is 28.5 Å². The van der Waals surface area contributed by atoms with Crippen molar-refractivity contribution in [1.29, 1.82) is 0 Å². The number of para-hydroxylation sites is 2. The van der Waals surface area contributed by atoms with E-state index in [4.69, 9.17) is 14.2 Å². The summed E-state index contributed by atoms with van der Waals surface area (Å²) in [4.78, 5) is 20.6. The molecule has 1 aliphatic heterocycles. The number of carbonyl (C=O) groups excluding carboxylic acids is 1. The Kier molecular flexibility index (Phi) is 9.22. The molecule has 2 fully saturated rings. The fraction of sp³-hybridized carbons (Fsp3) is 0.484. The SMILES string of the molecule is COC[C@]1(O)CCCC[C@H]1n1cnc(C(=O)N2CCNC[C@H]2CCOc2ccccc2OC)c1-c1cccc(F)c1. The lowest BCUT2D eigenvalue weighted by Gasteiger charge is -2.41. The Balaban J connectivity index is 1.44. The van der Waals surface area contributed by atoms with E-state index in [1.807, 2.05) is 33.7 Å². The maximum atomic E-state index is 14.5. The van der Waals surface area contributed by atoms with Crippen LogP contribution in [-0.2, 0) is 4.74 Å². The minimum Gasteiger partial charge on any atom is -0.493 e. The van der Waals surface area contributed by atoms with Crippen molar-refractivity contribution in [2.24, 2.45) is 0 Å². The molecule has 41 heavy (non-hydrogen) atoms. The van der Waals surface area contributed by atoms with Gasteiger partial charge in [-0.05, 0) is 37.1 Å². The van der Waals surface area contributed by atoms with Crippen LogP contribution in [0, 0.1) is 5.82 Å². The van der Waals surface area contributed by atoms with Gasteiger partial charge in [-0.25, -0.2) is 9.37 Å². The summed E-state index contributed by atoms with van der Waals surface area (Å²) in [5.41, 5.74) is 0.183. The Bertz CT molecular complexity index is 1330. The number of piperazine rings is 1. The number of hydrogen-bond donors (Lipinski definition) is 2. The summed E-state index contributed by atoms with van der Waals surface area (Å²) in [6.07, 6.45) is 5.29. The predicted molar refractivity (Wildman–Crippen MR) is 153 cm³/mol. The number of nitrogens with zero attached hydrogens (tertiary/aromatic N) is 3. The summed E-state index contributed by atoms with van der Waals surface area (Å²) in [6.45, 7) is 2.33. The third-order valence-electron chi connectivity index (χ3n) is 8.17.